The quantitative estimate of drug-likeness (QED) is 0.748. The zero-order valence-corrected chi connectivity index (χ0v) is 8.88. The zero-order chi connectivity index (χ0) is 10.1. The molecule has 0 fully saturated rings. The van der Waals surface area contributed by atoms with Crippen LogP contribution >= 0.6 is 0 Å². The van der Waals surface area contributed by atoms with Crippen molar-refractivity contribution in [2.45, 2.75) is 38.8 Å². The highest BCUT2D eigenvalue weighted by Gasteiger charge is 2.19. The fourth-order valence-electron chi connectivity index (χ4n) is 2.15. The first kappa shape index (κ1) is 9.53. The maximum Gasteiger partial charge on any atom is 0.0408 e. The van der Waals surface area contributed by atoms with E-state index < -0.39 is 0 Å². The van der Waals surface area contributed by atoms with Gasteiger partial charge in [0.05, 0.1) is 0 Å². The lowest BCUT2D eigenvalue weighted by Gasteiger charge is -2.11. The molecule has 0 bridgehead atoms. The lowest BCUT2D eigenvalue weighted by molar-refractivity contribution is 0.738. The van der Waals surface area contributed by atoms with Gasteiger partial charge in [0.25, 0.3) is 0 Å². The third kappa shape index (κ3) is 1.75. The Morgan fingerprint density at radius 2 is 2.36 bits per heavy atom. The van der Waals surface area contributed by atoms with Gasteiger partial charge in [-0.1, -0.05) is 18.2 Å². The molecule has 1 heterocycles. The van der Waals surface area contributed by atoms with Crippen LogP contribution in [-0.4, -0.2) is 12.1 Å². The van der Waals surface area contributed by atoms with E-state index >= 15 is 0 Å². The van der Waals surface area contributed by atoms with Gasteiger partial charge in [-0.25, -0.2) is 0 Å². The predicted molar refractivity (Wildman–Crippen MR) is 60.6 cm³/mol. The van der Waals surface area contributed by atoms with Crippen molar-refractivity contribution >= 4 is 5.69 Å². The molecule has 1 aliphatic heterocycles. The zero-order valence-electron chi connectivity index (χ0n) is 8.88. The van der Waals surface area contributed by atoms with E-state index in [9.17, 15) is 0 Å². The Labute approximate surface area is 85.5 Å². The number of benzene rings is 1. The maximum absolute atomic E-state index is 5.83. The third-order valence-electron chi connectivity index (χ3n) is 2.70. The number of hydrogen-bond donors (Lipinski definition) is 2. The second-order valence-corrected chi connectivity index (χ2v) is 4.38. The molecule has 2 atom stereocenters. The Bertz CT molecular complexity index is 331. The van der Waals surface area contributed by atoms with Gasteiger partial charge in [0, 0.05) is 17.8 Å². The van der Waals surface area contributed by atoms with Gasteiger partial charge in [-0.2, -0.15) is 0 Å². The summed E-state index contributed by atoms with van der Waals surface area (Å²) in [7, 11) is 0. The summed E-state index contributed by atoms with van der Waals surface area (Å²) in [6, 6.07) is 7.32. The molecule has 2 nitrogen and oxygen atoms in total. The highest BCUT2D eigenvalue weighted by molar-refractivity contribution is 5.62. The van der Waals surface area contributed by atoms with Gasteiger partial charge < -0.3 is 11.1 Å². The van der Waals surface area contributed by atoms with Crippen molar-refractivity contribution in [3.8, 4) is 0 Å². The van der Waals surface area contributed by atoms with E-state index in [0.717, 1.165) is 12.8 Å². The molecule has 0 aliphatic carbocycles. The van der Waals surface area contributed by atoms with E-state index in [0.29, 0.717) is 6.04 Å². The van der Waals surface area contributed by atoms with Crippen molar-refractivity contribution in [1.29, 1.82) is 0 Å². The minimum atomic E-state index is 0.235. The van der Waals surface area contributed by atoms with Crippen molar-refractivity contribution in [3.63, 3.8) is 0 Å². The summed E-state index contributed by atoms with van der Waals surface area (Å²) in [5.41, 5.74) is 9.96. The molecule has 0 aromatic heterocycles. The Hall–Kier alpha value is -1.02. The highest BCUT2D eigenvalue weighted by atomic mass is 14.9. The Balaban J connectivity index is 2.30. The molecule has 1 aromatic rings. The summed E-state index contributed by atoms with van der Waals surface area (Å²) in [5.74, 6) is 0. The number of anilines is 1. The van der Waals surface area contributed by atoms with E-state index in [1.54, 1.807) is 0 Å². The van der Waals surface area contributed by atoms with Crippen LogP contribution in [0.2, 0.25) is 0 Å². The molecule has 76 valence electrons. The van der Waals surface area contributed by atoms with E-state index in [4.69, 9.17) is 5.73 Å². The van der Waals surface area contributed by atoms with E-state index in [2.05, 4.69) is 37.4 Å². The Morgan fingerprint density at radius 1 is 1.57 bits per heavy atom. The first-order valence-electron chi connectivity index (χ1n) is 5.29. The van der Waals surface area contributed by atoms with Gasteiger partial charge in [0.1, 0.15) is 0 Å². The van der Waals surface area contributed by atoms with Crippen molar-refractivity contribution in [2.24, 2.45) is 5.73 Å². The molecule has 14 heavy (non-hydrogen) atoms. The van der Waals surface area contributed by atoms with Crippen LogP contribution in [0.5, 0.6) is 0 Å². The van der Waals surface area contributed by atoms with Crippen LogP contribution in [0.1, 0.15) is 25.0 Å². The lowest BCUT2D eigenvalue weighted by Crippen LogP contribution is -2.18. The van der Waals surface area contributed by atoms with Crippen LogP contribution in [0, 0.1) is 0 Å². The van der Waals surface area contributed by atoms with Crippen molar-refractivity contribution in [2.75, 3.05) is 5.32 Å². The summed E-state index contributed by atoms with van der Waals surface area (Å²) in [6.07, 6.45) is 2.10. The number of fused-ring (bicyclic) bond motifs is 1. The standard InChI is InChI=1S/C12H18N2/c1-8(13)6-10-4-3-5-11-7-9(2)14-12(10)11/h3-5,8-9,14H,6-7,13H2,1-2H3. The first-order valence-corrected chi connectivity index (χ1v) is 5.29. The average molecular weight is 190 g/mol. The lowest BCUT2D eigenvalue weighted by atomic mass is 10.0. The number of nitrogens with one attached hydrogen (secondary N) is 1. The molecule has 2 unspecified atom stereocenters. The predicted octanol–water partition coefficient (Wildman–Crippen LogP) is 1.93. The van der Waals surface area contributed by atoms with Crippen molar-refractivity contribution < 1.29 is 0 Å². The van der Waals surface area contributed by atoms with Crippen LogP contribution < -0.4 is 11.1 Å². The molecule has 0 amide bonds. The van der Waals surface area contributed by atoms with E-state index in [1.807, 2.05) is 0 Å². The molecule has 0 saturated heterocycles. The summed E-state index contributed by atoms with van der Waals surface area (Å²) in [4.78, 5) is 0. The largest absolute Gasteiger partial charge is 0.382 e. The molecule has 0 spiro atoms. The SMILES string of the molecule is CC(N)Cc1cccc2c1NC(C)C2. The Morgan fingerprint density at radius 3 is 3.07 bits per heavy atom. The molecule has 3 N–H and O–H groups in total. The van der Waals surface area contributed by atoms with Gasteiger partial charge in [-0.05, 0) is 37.8 Å². The molecule has 0 saturated carbocycles. The molecular weight excluding hydrogens is 172 g/mol. The number of hydrogen-bond acceptors (Lipinski definition) is 2. The second kappa shape index (κ2) is 3.62. The molecule has 2 heteroatoms. The topological polar surface area (TPSA) is 38.0 Å². The van der Waals surface area contributed by atoms with E-state index in [1.165, 1.54) is 16.8 Å². The molecule has 1 aromatic carbocycles. The number of para-hydroxylation sites is 1. The third-order valence-corrected chi connectivity index (χ3v) is 2.70. The van der Waals surface area contributed by atoms with Crippen molar-refractivity contribution in [1.82, 2.24) is 0 Å². The molecule has 1 aliphatic rings. The minimum absolute atomic E-state index is 0.235. The summed E-state index contributed by atoms with van der Waals surface area (Å²) in [5, 5.41) is 3.52. The fourth-order valence-corrected chi connectivity index (χ4v) is 2.15. The average Bonchev–Trinajstić information content (AvgIpc) is 2.45. The van der Waals surface area contributed by atoms with Gasteiger partial charge in [-0.15, -0.1) is 0 Å². The molecule has 2 rings (SSSR count). The highest BCUT2D eigenvalue weighted by Crippen LogP contribution is 2.29. The van der Waals surface area contributed by atoms with Gasteiger partial charge >= 0.3 is 0 Å². The summed E-state index contributed by atoms with van der Waals surface area (Å²) >= 11 is 0. The van der Waals surface area contributed by atoms with Crippen LogP contribution in [0.4, 0.5) is 5.69 Å². The number of nitrogens with two attached hydrogens (primary N) is 1. The minimum Gasteiger partial charge on any atom is -0.382 e. The normalized spacial score (nSPS) is 21.5. The summed E-state index contributed by atoms with van der Waals surface area (Å²) in [6.45, 7) is 4.27. The van der Waals surface area contributed by atoms with Gasteiger partial charge in [-0.3, -0.25) is 0 Å². The monoisotopic (exact) mass is 190 g/mol. The Kier molecular flexibility index (Phi) is 2.46. The first-order chi connectivity index (χ1) is 6.66. The van der Waals surface area contributed by atoms with E-state index in [-0.39, 0.29) is 6.04 Å². The maximum atomic E-state index is 5.83. The van der Waals surface area contributed by atoms with Crippen LogP contribution in [-0.2, 0) is 12.8 Å². The molecule has 0 radical (unpaired) electrons. The van der Waals surface area contributed by atoms with Crippen LogP contribution in [0.15, 0.2) is 18.2 Å². The molecular formula is C12H18N2. The fraction of sp³-hybridized carbons (Fsp3) is 0.500. The van der Waals surface area contributed by atoms with Gasteiger partial charge in [0.15, 0.2) is 0 Å². The number of rotatable bonds is 2. The second-order valence-electron chi connectivity index (χ2n) is 4.38. The summed E-state index contributed by atoms with van der Waals surface area (Å²) < 4.78 is 0. The van der Waals surface area contributed by atoms with Crippen LogP contribution in [0.3, 0.4) is 0 Å². The van der Waals surface area contributed by atoms with Gasteiger partial charge in [0.2, 0.25) is 0 Å². The smallest absolute Gasteiger partial charge is 0.0408 e. The van der Waals surface area contributed by atoms with Crippen LogP contribution in [0.25, 0.3) is 0 Å². The van der Waals surface area contributed by atoms with Crippen molar-refractivity contribution in [3.05, 3.63) is 29.3 Å².